The Morgan fingerprint density at radius 2 is 1.70 bits per heavy atom. The third-order valence-electron chi connectivity index (χ3n) is 5.37. The van der Waals surface area contributed by atoms with Gasteiger partial charge in [0, 0.05) is 22.9 Å². The normalized spacial score (nSPS) is 11.2. The van der Waals surface area contributed by atoms with E-state index in [0.29, 0.717) is 34.3 Å². The van der Waals surface area contributed by atoms with Crippen molar-refractivity contribution in [2.45, 2.75) is 27.0 Å². The number of aromatic nitrogens is 1. The number of nitrogens with zero attached hydrogens (tertiary/aromatic N) is 1. The number of pyridine rings is 1. The Balaban J connectivity index is 1.95. The summed E-state index contributed by atoms with van der Waals surface area (Å²) in [5.41, 5.74) is 1.36. The lowest BCUT2D eigenvalue weighted by molar-refractivity contribution is 0.0683. The standard InChI is InChI=1S/C27H24FNO4/c1-17(2)15-29-25(27(31)32)24(19-8-10-20(28)11-9-19)23-14-21(12-13-22(23)26(29)30)33-16-18-6-4-3-5-7-18/h3-14,17H,15-16H2,1-2H3,(H,31,32). The Bertz CT molecular complexity index is 1360. The minimum atomic E-state index is -1.22. The molecule has 0 aliphatic rings. The van der Waals surface area contributed by atoms with Gasteiger partial charge in [-0.1, -0.05) is 56.3 Å². The summed E-state index contributed by atoms with van der Waals surface area (Å²) < 4.78 is 20.9. The molecule has 6 heteroatoms. The largest absolute Gasteiger partial charge is 0.489 e. The molecule has 168 valence electrons. The van der Waals surface area contributed by atoms with E-state index < -0.39 is 11.8 Å². The van der Waals surface area contributed by atoms with Crippen molar-refractivity contribution in [2.24, 2.45) is 5.92 Å². The van der Waals surface area contributed by atoms with Crippen LogP contribution in [0.4, 0.5) is 4.39 Å². The Labute approximate surface area is 190 Å². The predicted octanol–water partition coefficient (Wildman–Crippen LogP) is 5.74. The van der Waals surface area contributed by atoms with Crippen LogP contribution in [0, 0.1) is 11.7 Å². The molecule has 0 saturated heterocycles. The Morgan fingerprint density at radius 1 is 1.00 bits per heavy atom. The molecule has 0 aliphatic carbocycles. The fourth-order valence-electron chi connectivity index (χ4n) is 3.93. The molecule has 0 amide bonds. The molecule has 0 saturated carbocycles. The van der Waals surface area contributed by atoms with Crippen molar-refractivity contribution in [3.8, 4) is 16.9 Å². The topological polar surface area (TPSA) is 68.5 Å². The maximum atomic E-state index is 13.6. The number of aromatic carboxylic acids is 1. The van der Waals surface area contributed by atoms with Gasteiger partial charge < -0.3 is 14.4 Å². The van der Waals surface area contributed by atoms with Gasteiger partial charge in [-0.3, -0.25) is 4.79 Å². The molecule has 0 bridgehead atoms. The minimum Gasteiger partial charge on any atom is -0.489 e. The zero-order valence-corrected chi connectivity index (χ0v) is 18.4. The van der Waals surface area contributed by atoms with Crippen molar-refractivity contribution in [1.82, 2.24) is 4.57 Å². The lowest BCUT2D eigenvalue weighted by atomic mass is 9.96. The van der Waals surface area contributed by atoms with Crippen LogP contribution in [-0.4, -0.2) is 15.6 Å². The second kappa shape index (κ2) is 9.28. The van der Waals surface area contributed by atoms with Crippen molar-refractivity contribution in [1.29, 1.82) is 0 Å². The molecule has 0 radical (unpaired) electrons. The van der Waals surface area contributed by atoms with E-state index in [4.69, 9.17) is 4.74 Å². The number of carbonyl (C=O) groups is 1. The summed E-state index contributed by atoms with van der Waals surface area (Å²) in [6.07, 6.45) is 0. The molecule has 0 unspecified atom stereocenters. The van der Waals surface area contributed by atoms with Crippen LogP contribution in [0.3, 0.4) is 0 Å². The number of ether oxygens (including phenoxy) is 1. The summed E-state index contributed by atoms with van der Waals surface area (Å²) >= 11 is 0. The Kier molecular flexibility index (Phi) is 6.27. The zero-order chi connectivity index (χ0) is 23.5. The lowest BCUT2D eigenvalue weighted by Gasteiger charge is -2.19. The van der Waals surface area contributed by atoms with Gasteiger partial charge >= 0.3 is 5.97 Å². The second-order valence-electron chi connectivity index (χ2n) is 8.33. The van der Waals surface area contributed by atoms with Gasteiger partial charge in [0.2, 0.25) is 0 Å². The van der Waals surface area contributed by atoms with E-state index in [9.17, 15) is 19.1 Å². The molecule has 0 spiro atoms. The summed E-state index contributed by atoms with van der Waals surface area (Å²) in [5.74, 6) is -1.09. The SMILES string of the molecule is CC(C)Cn1c(C(=O)O)c(-c2ccc(F)cc2)c2cc(OCc3ccccc3)ccc2c1=O. The van der Waals surface area contributed by atoms with Gasteiger partial charge in [0.25, 0.3) is 5.56 Å². The van der Waals surface area contributed by atoms with E-state index in [1.54, 1.807) is 18.2 Å². The number of hydrogen-bond donors (Lipinski definition) is 1. The number of carboxylic acid groups (broad SMARTS) is 1. The average molecular weight is 445 g/mol. The van der Waals surface area contributed by atoms with Crippen molar-refractivity contribution in [3.63, 3.8) is 0 Å². The van der Waals surface area contributed by atoms with Crippen LogP contribution < -0.4 is 10.3 Å². The van der Waals surface area contributed by atoms with Crippen LogP contribution in [0.25, 0.3) is 21.9 Å². The van der Waals surface area contributed by atoms with Crippen LogP contribution >= 0.6 is 0 Å². The van der Waals surface area contributed by atoms with E-state index in [2.05, 4.69) is 0 Å². The number of halogens is 1. The van der Waals surface area contributed by atoms with Gasteiger partial charge in [-0.05, 0) is 47.4 Å². The van der Waals surface area contributed by atoms with Crippen molar-refractivity contribution in [3.05, 3.63) is 100 Å². The first-order valence-corrected chi connectivity index (χ1v) is 10.7. The fraction of sp³-hybridized carbons (Fsp3) is 0.185. The van der Waals surface area contributed by atoms with E-state index in [0.717, 1.165) is 5.56 Å². The number of rotatable bonds is 7. The molecule has 0 atom stereocenters. The van der Waals surface area contributed by atoms with Gasteiger partial charge in [-0.15, -0.1) is 0 Å². The molecule has 4 rings (SSSR count). The first-order valence-electron chi connectivity index (χ1n) is 10.7. The van der Waals surface area contributed by atoms with E-state index in [-0.39, 0.29) is 23.7 Å². The maximum Gasteiger partial charge on any atom is 0.353 e. The smallest absolute Gasteiger partial charge is 0.353 e. The monoisotopic (exact) mass is 445 g/mol. The molecular weight excluding hydrogens is 421 g/mol. The number of benzene rings is 3. The van der Waals surface area contributed by atoms with Gasteiger partial charge in [-0.25, -0.2) is 9.18 Å². The molecule has 1 aromatic heterocycles. The van der Waals surface area contributed by atoms with Crippen LogP contribution in [0.2, 0.25) is 0 Å². The summed E-state index contributed by atoms with van der Waals surface area (Å²) in [6, 6.07) is 20.3. The van der Waals surface area contributed by atoms with Crippen molar-refractivity contribution >= 4 is 16.7 Å². The van der Waals surface area contributed by atoms with Crippen LogP contribution in [0.1, 0.15) is 29.9 Å². The molecule has 0 aliphatic heterocycles. The molecule has 5 nitrogen and oxygen atoms in total. The molecule has 33 heavy (non-hydrogen) atoms. The first-order chi connectivity index (χ1) is 15.8. The van der Waals surface area contributed by atoms with Gasteiger partial charge in [0.1, 0.15) is 23.9 Å². The minimum absolute atomic E-state index is 0.0489. The quantitative estimate of drug-likeness (QED) is 0.394. The van der Waals surface area contributed by atoms with Gasteiger partial charge in [0.15, 0.2) is 0 Å². The molecule has 0 fully saturated rings. The first kappa shape index (κ1) is 22.3. The molecule has 1 N–H and O–H groups in total. The van der Waals surface area contributed by atoms with E-state index in [1.165, 1.54) is 28.8 Å². The molecule has 3 aromatic carbocycles. The van der Waals surface area contributed by atoms with Crippen LogP contribution in [-0.2, 0) is 13.2 Å². The van der Waals surface area contributed by atoms with E-state index in [1.807, 2.05) is 44.2 Å². The summed E-state index contributed by atoms with van der Waals surface area (Å²) in [7, 11) is 0. The highest BCUT2D eigenvalue weighted by Gasteiger charge is 2.24. The summed E-state index contributed by atoms with van der Waals surface area (Å²) in [4.78, 5) is 25.7. The Morgan fingerprint density at radius 3 is 2.33 bits per heavy atom. The van der Waals surface area contributed by atoms with Crippen LogP contribution in [0.5, 0.6) is 5.75 Å². The summed E-state index contributed by atoms with van der Waals surface area (Å²) in [6.45, 7) is 4.41. The average Bonchev–Trinajstić information content (AvgIpc) is 2.80. The zero-order valence-electron chi connectivity index (χ0n) is 18.4. The predicted molar refractivity (Wildman–Crippen MR) is 126 cm³/mol. The highest BCUT2D eigenvalue weighted by atomic mass is 19.1. The third-order valence-corrected chi connectivity index (χ3v) is 5.37. The van der Waals surface area contributed by atoms with E-state index >= 15 is 0 Å². The number of fused-ring (bicyclic) bond motifs is 1. The second-order valence-corrected chi connectivity index (χ2v) is 8.33. The van der Waals surface area contributed by atoms with Gasteiger partial charge in [-0.2, -0.15) is 0 Å². The highest BCUT2D eigenvalue weighted by molar-refractivity contribution is 6.06. The number of carboxylic acids is 1. The van der Waals surface area contributed by atoms with Crippen LogP contribution in [0.15, 0.2) is 77.6 Å². The van der Waals surface area contributed by atoms with Gasteiger partial charge in [0.05, 0.1) is 0 Å². The molecule has 1 heterocycles. The lowest BCUT2D eigenvalue weighted by Crippen LogP contribution is -2.29. The number of hydrogen-bond acceptors (Lipinski definition) is 3. The summed E-state index contributed by atoms with van der Waals surface area (Å²) in [5, 5.41) is 11.0. The fourth-order valence-corrected chi connectivity index (χ4v) is 3.93. The molecular formula is C27H24FNO4. The highest BCUT2D eigenvalue weighted by Crippen LogP contribution is 2.33. The maximum absolute atomic E-state index is 13.6. The third kappa shape index (κ3) is 4.65. The Hall–Kier alpha value is -3.93. The molecule has 4 aromatic rings. The van der Waals surface area contributed by atoms with Crippen molar-refractivity contribution in [2.75, 3.05) is 0 Å². The van der Waals surface area contributed by atoms with Crippen molar-refractivity contribution < 1.29 is 19.0 Å².